The highest BCUT2D eigenvalue weighted by molar-refractivity contribution is 6.42. The summed E-state index contributed by atoms with van der Waals surface area (Å²) in [5.74, 6) is 0.250. The smallest absolute Gasteiger partial charge is 0.360 e. The van der Waals surface area contributed by atoms with Crippen LogP contribution in [0.2, 0.25) is 10.0 Å². The van der Waals surface area contributed by atoms with E-state index in [-0.39, 0.29) is 12.3 Å². The third-order valence-corrected chi connectivity index (χ3v) is 4.92. The molecular formula is C20H20Cl2N4O3. The van der Waals surface area contributed by atoms with Gasteiger partial charge in [-0.25, -0.2) is 9.48 Å². The van der Waals surface area contributed by atoms with Crippen LogP contribution in [-0.2, 0) is 17.8 Å². The van der Waals surface area contributed by atoms with Gasteiger partial charge in [0.25, 0.3) is 0 Å². The third kappa shape index (κ3) is 5.19. The second kappa shape index (κ2) is 9.62. The van der Waals surface area contributed by atoms with Crippen molar-refractivity contribution in [3.8, 4) is 5.75 Å². The molecule has 0 saturated carbocycles. The van der Waals surface area contributed by atoms with Gasteiger partial charge in [-0.3, -0.25) is 0 Å². The van der Waals surface area contributed by atoms with E-state index in [9.17, 15) is 4.79 Å². The lowest BCUT2D eigenvalue weighted by Crippen LogP contribution is -2.15. The standard InChI is InChI=1S/C20H20Cl2N4O3/c1-3-29-20(27)19-18(11-23-14-6-9-16(21)17(22)10-14)26(25-24-19)12-13-4-7-15(28-2)8-5-13/h4-10,23H,3,11-12H2,1-2H3. The Labute approximate surface area is 178 Å². The van der Waals surface area contributed by atoms with Gasteiger partial charge in [0, 0.05) is 5.69 Å². The van der Waals surface area contributed by atoms with E-state index in [1.54, 1.807) is 36.9 Å². The number of hydrogen-bond donors (Lipinski definition) is 1. The summed E-state index contributed by atoms with van der Waals surface area (Å²) in [6, 6.07) is 12.8. The summed E-state index contributed by atoms with van der Waals surface area (Å²) in [7, 11) is 1.62. The molecule has 7 nitrogen and oxygen atoms in total. The van der Waals surface area contributed by atoms with Crippen molar-refractivity contribution in [2.24, 2.45) is 0 Å². The SMILES string of the molecule is CCOC(=O)c1nnn(Cc2ccc(OC)cc2)c1CNc1ccc(Cl)c(Cl)c1. The Morgan fingerprint density at radius 2 is 1.90 bits per heavy atom. The number of halogens is 2. The molecule has 0 amide bonds. The summed E-state index contributed by atoms with van der Waals surface area (Å²) in [5.41, 5.74) is 2.52. The predicted octanol–water partition coefficient (Wildman–Crippen LogP) is 4.43. The normalized spacial score (nSPS) is 10.6. The molecule has 0 fully saturated rings. The number of benzene rings is 2. The maximum atomic E-state index is 12.3. The van der Waals surface area contributed by atoms with Crippen LogP contribution in [0.15, 0.2) is 42.5 Å². The van der Waals surface area contributed by atoms with Crippen molar-refractivity contribution < 1.29 is 14.3 Å². The van der Waals surface area contributed by atoms with Gasteiger partial charge in [-0.05, 0) is 42.8 Å². The Morgan fingerprint density at radius 1 is 1.14 bits per heavy atom. The van der Waals surface area contributed by atoms with Crippen LogP contribution >= 0.6 is 23.2 Å². The van der Waals surface area contributed by atoms with Crippen LogP contribution < -0.4 is 10.1 Å². The minimum atomic E-state index is -0.514. The van der Waals surface area contributed by atoms with Crippen LogP contribution in [0.3, 0.4) is 0 Å². The maximum Gasteiger partial charge on any atom is 0.360 e. The fourth-order valence-corrected chi connectivity index (χ4v) is 2.99. The Balaban J connectivity index is 1.85. The van der Waals surface area contributed by atoms with E-state index in [0.717, 1.165) is 17.0 Å². The molecule has 0 bridgehead atoms. The van der Waals surface area contributed by atoms with Crippen molar-refractivity contribution in [2.75, 3.05) is 19.0 Å². The van der Waals surface area contributed by atoms with Gasteiger partial charge in [-0.2, -0.15) is 0 Å². The minimum Gasteiger partial charge on any atom is -0.497 e. The van der Waals surface area contributed by atoms with E-state index in [1.165, 1.54) is 0 Å². The van der Waals surface area contributed by atoms with E-state index in [4.69, 9.17) is 32.7 Å². The number of carbonyl (C=O) groups is 1. The maximum absolute atomic E-state index is 12.3. The van der Waals surface area contributed by atoms with E-state index in [0.29, 0.717) is 28.8 Å². The predicted molar refractivity (Wildman–Crippen MR) is 112 cm³/mol. The molecule has 0 aliphatic rings. The zero-order valence-electron chi connectivity index (χ0n) is 16.0. The van der Waals surface area contributed by atoms with E-state index in [2.05, 4.69) is 15.6 Å². The molecule has 1 heterocycles. The minimum absolute atomic E-state index is 0.174. The molecule has 2 aromatic carbocycles. The molecule has 9 heteroatoms. The molecule has 0 atom stereocenters. The summed E-state index contributed by atoms with van der Waals surface area (Å²) in [4.78, 5) is 12.3. The number of aromatic nitrogens is 3. The topological polar surface area (TPSA) is 78.3 Å². The summed E-state index contributed by atoms with van der Waals surface area (Å²) in [6.45, 7) is 2.74. The van der Waals surface area contributed by atoms with Gasteiger partial charge < -0.3 is 14.8 Å². The Kier molecular flexibility index (Phi) is 6.95. The number of carbonyl (C=O) groups excluding carboxylic acids is 1. The van der Waals surface area contributed by atoms with Gasteiger partial charge in [-0.15, -0.1) is 5.10 Å². The molecule has 0 aliphatic carbocycles. The zero-order valence-corrected chi connectivity index (χ0v) is 17.5. The van der Waals surface area contributed by atoms with Crippen molar-refractivity contribution in [1.82, 2.24) is 15.0 Å². The highest BCUT2D eigenvalue weighted by atomic mass is 35.5. The molecule has 0 aliphatic heterocycles. The quantitative estimate of drug-likeness (QED) is 0.528. The average molecular weight is 435 g/mol. The summed E-state index contributed by atoms with van der Waals surface area (Å²) < 4.78 is 12.0. The van der Waals surface area contributed by atoms with Crippen LogP contribution in [0.5, 0.6) is 5.75 Å². The van der Waals surface area contributed by atoms with Crippen LogP contribution in [0.4, 0.5) is 5.69 Å². The molecule has 0 unspecified atom stereocenters. The lowest BCUT2D eigenvalue weighted by Gasteiger charge is -2.11. The van der Waals surface area contributed by atoms with Crippen molar-refractivity contribution in [2.45, 2.75) is 20.0 Å². The van der Waals surface area contributed by atoms with Gasteiger partial charge in [0.05, 0.1) is 42.5 Å². The van der Waals surface area contributed by atoms with E-state index in [1.807, 2.05) is 24.3 Å². The number of methoxy groups -OCH3 is 1. The first-order valence-electron chi connectivity index (χ1n) is 8.93. The number of anilines is 1. The van der Waals surface area contributed by atoms with Gasteiger partial charge >= 0.3 is 5.97 Å². The van der Waals surface area contributed by atoms with Gasteiger partial charge in [0.1, 0.15) is 5.75 Å². The third-order valence-electron chi connectivity index (χ3n) is 4.18. The molecule has 3 rings (SSSR count). The number of hydrogen-bond acceptors (Lipinski definition) is 6. The highest BCUT2D eigenvalue weighted by Crippen LogP contribution is 2.25. The van der Waals surface area contributed by atoms with Crippen molar-refractivity contribution >= 4 is 34.9 Å². The first-order chi connectivity index (χ1) is 14.0. The van der Waals surface area contributed by atoms with Crippen molar-refractivity contribution in [3.05, 3.63) is 69.5 Å². The second-order valence-electron chi connectivity index (χ2n) is 6.09. The molecule has 29 heavy (non-hydrogen) atoms. The molecular weight excluding hydrogens is 415 g/mol. The van der Waals surface area contributed by atoms with Crippen molar-refractivity contribution in [1.29, 1.82) is 0 Å². The zero-order chi connectivity index (χ0) is 20.8. The molecule has 3 aromatic rings. The number of rotatable bonds is 8. The van der Waals surface area contributed by atoms with E-state index >= 15 is 0 Å². The summed E-state index contributed by atoms with van der Waals surface area (Å²) >= 11 is 12.0. The van der Waals surface area contributed by atoms with Gasteiger partial charge in [0.15, 0.2) is 5.69 Å². The lowest BCUT2D eigenvalue weighted by atomic mass is 10.2. The molecule has 1 N–H and O–H groups in total. The van der Waals surface area contributed by atoms with Crippen molar-refractivity contribution in [3.63, 3.8) is 0 Å². The number of ether oxygens (including phenoxy) is 2. The second-order valence-corrected chi connectivity index (χ2v) is 6.91. The fourth-order valence-electron chi connectivity index (χ4n) is 2.69. The number of nitrogens with zero attached hydrogens (tertiary/aromatic N) is 3. The Morgan fingerprint density at radius 3 is 2.55 bits per heavy atom. The first-order valence-corrected chi connectivity index (χ1v) is 9.68. The monoisotopic (exact) mass is 434 g/mol. The lowest BCUT2D eigenvalue weighted by molar-refractivity contribution is 0.0518. The molecule has 0 saturated heterocycles. The van der Waals surface area contributed by atoms with Crippen LogP contribution in [0, 0.1) is 0 Å². The highest BCUT2D eigenvalue weighted by Gasteiger charge is 2.21. The number of esters is 1. The van der Waals surface area contributed by atoms with Crippen LogP contribution in [0.25, 0.3) is 0 Å². The summed E-state index contributed by atoms with van der Waals surface area (Å²) in [6.07, 6.45) is 0. The molecule has 0 radical (unpaired) electrons. The van der Waals surface area contributed by atoms with Crippen LogP contribution in [-0.4, -0.2) is 34.7 Å². The average Bonchev–Trinajstić information content (AvgIpc) is 3.12. The summed E-state index contributed by atoms with van der Waals surface area (Å²) in [5, 5.41) is 12.3. The largest absolute Gasteiger partial charge is 0.497 e. The Hall–Kier alpha value is -2.77. The molecule has 1 aromatic heterocycles. The van der Waals surface area contributed by atoms with E-state index < -0.39 is 5.97 Å². The van der Waals surface area contributed by atoms with Gasteiger partial charge in [-0.1, -0.05) is 40.5 Å². The first kappa shape index (κ1) is 21.0. The molecule has 0 spiro atoms. The number of nitrogens with one attached hydrogen (secondary N) is 1. The fraction of sp³-hybridized carbons (Fsp3) is 0.250. The Bertz CT molecular complexity index is 990. The molecule has 152 valence electrons. The van der Waals surface area contributed by atoms with Gasteiger partial charge in [0.2, 0.25) is 0 Å². The van der Waals surface area contributed by atoms with Crippen LogP contribution in [0.1, 0.15) is 28.7 Å².